The SMILES string of the molecule is CCOC(=O)CCCOc1ccc(-c2ccc(Br)cc2)cc1. The molecule has 0 atom stereocenters. The fourth-order valence-electron chi connectivity index (χ4n) is 2.03. The van der Waals surface area contributed by atoms with E-state index in [1.165, 1.54) is 0 Å². The Morgan fingerprint density at radius 2 is 1.59 bits per heavy atom. The van der Waals surface area contributed by atoms with Crippen molar-refractivity contribution in [1.82, 2.24) is 0 Å². The van der Waals surface area contributed by atoms with Gasteiger partial charge in [-0.2, -0.15) is 0 Å². The number of carbonyl (C=O) groups excluding carboxylic acids is 1. The molecule has 0 saturated heterocycles. The first kappa shape index (κ1) is 16.6. The quantitative estimate of drug-likeness (QED) is 0.522. The molecule has 0 heterocycles. The van der Waals surface area contributed by atoms with Crippen LogP contribution in [0.4, 0.5) is 0 Å². The molecule has 116 valence electrons. The van der Waals surface area contributed by atoms with Crippen LogP contribution in [0.5, 0.6) is 5.75 Å². The molecule has 0 aliphatic carbocycles. The number of halogens is 1. The Bertz CT molecular complexity index is 591. The van der Waals surface area contributed by atoms with Gasteiger partial charge in [0.05, 0.1) is 13.2 Å². The zero-order valence-electron chi connectivity index (χ0n) is 12.5. The minimum Gasteiger partial charge on any atom is -0.494 e. The Labute approximate surface area is 139 Å². The summed E-state index contributed by atoms with van der Waals surface area (Å²) in [4.78, 5) is 11.2. The highest BCUT2D eigenvalue weighted by Crippen LogP contribution is 2.24. The van der Waals surface area contributed by atoms with Gasteiger partial charge in [0.15, 0.2) is 0 Å². The van der Waals surface area contributed by atoms with E-state index in [2.05, 4.69) is 28.1 Å². The van der Waals surface area contributed by atoms with Gasteiger partial charge in [0.1, 0.15) is 5.75 Å². The molecule has 0 amide bonds. The maximum atomic E-state index is 11.2. The Morgan fingerprint density at radius 3 is 2.18 bits per heavy atom. The van der Waals surface area contributed by atoms with Crippen LogP contribution < -0.4 is 4.74 Å². The van der Waals surface area contributed by atoms with Gasteiger partial charge in [-0.3, -0.25) is 4.79 Å². The fourth-order valence-corrected chi connectivity index (χ4v) is 2.29. The van der Waals surface area contributed by atoms with E-state index in [9.17, 15) is 4.79 Å². The molecular formula is C18H19BrO3. The first-order chi connectivity index (χ1) is 10.7. The van der Waals surface area contributed by atoms with Gasteiger partial charge >= 0.3 is 5.97 Å². The number of rotatable bonds is 7. The highest BCUT2D eigenvalue weighted by atomic mass is 79.9. The van der Waals surface area contributed by atoms with E-state index in [-0.39, 0.29) is 5.97 Å². The third-order valence-electron chi connectivity index (χ3n) is 3.13. The zero-order valence-corrected chi connectivity index (χ0v) is 14.1. The number of esters is 1. The predicted octanol–water partition coefficient (Wildman–Crippen LogP) is 4.84. The Morgan fingerprint density at radius 1 is 1.00 bits per heavy atom. The standard InChI is InChI=1S/C18H19BrO3/c1-2-21-18(20)4-3-13-22-17-11-7-15(8-12-17)14-5-9-16(19)10-6-14/h5-12H,2-4,13H2,1H3. The molecule has 0 aliphatic rings. The second-order valence-electron chi connectivity index (χ2n) is 4.79. The number of carbonyl (C=O) groups is 1. The van der Waals surface area contributed by atoms with Gasteiger partial charge < -0.3 is 9.47 Å². The maximum absolute atomic E-state index is 11.2. The van der Waals surface area contributed by atoms with Gasteiger partial charge in [0, 0.05) is 10.9 Å². The first-order valence-electron chi connectivity index (χ1n) is 7.33. The number of hydrogen-bond acceptors (Lipinski definition) is 3. The minimum atomic E-state index is -0.170. The molecule has 2 rings (SSSR count). The maximum Gasteiger partial charge on any atom is 0.305 e. The van der Waals surface area contributed by atoms with Crippen molar-refractivity contribution in [2.24, 2.45) is 0 Å². The molecule has 2 aromatic carbocycles. The Balaban J connectivity index is 1.82. The molecule has 0 radical (unpaired) electrons. The summed E-state index contributed by atoms with van der Waals surface area (Å²) in [5, 5.41) is 0. The van der Waals surface area contributed by atoms with E-state index in [4.69, 9.17) is 9.47 Å². The van der Waals surface area contributed by atoms with Crippen molar-refractivity contribution in [2.75, 3.05) is 13.2 Å². The molecule has 0 aromatic heterocycles. The summed E-state index contributed by atoms with van der Waals surface area (Å²) in [6.45, 7) is 2.75. The molecule has 0 spiro atoms. The smallest absolute Gasteiger partial charge is 0.305 e. The monoisotopic (exact) mass is 362 g/mol. The van der Waals surface area contributed by atoms with Crippen LogP contribution in [0.15, 0.2) is 53.0 Å². The summed E-state index contributed by atoms with van der Waals surface area (Å²) >= 11 is 3.43. The summed E-state index contributed by atoms with van der Waals surface area (Å²) in [6.07, 6.45) is 1.05. The molecule has 0 fully saturated rings. The van der Waals surface area contributed by atoms with Crippen molar-refractivity contribution in [3.63, 3.8) is 0 Å². The number of benzene rings is 2. The van der Waals surface area contributed by atoms with Crippen molar-refractivity contribution in [3.05, 3.63) is 53.0 Å². The average Bonchev–Trinajstić information content (AvgIpc) is 2.53. The molecular weight excluding hydrogens is 344 g/mol. The predicted molar refractivity (Wildman–Crippen MR) is 90.9 cm³/mol. The zero-order chi connectivity index (χ0) is 15.8. The molecule has 2 aromatic rings. The van der Waals surface area contributed by atoms with E-state index in [0.29, 0.717) is 26.1 Å². The summed E-state index contributed by atoms with van der Waals surface area (Å²) in [5.74, 6) is 0.640. The van der Waals surface area contributed by atoms with Crippen LogP contribution in [0.3, 0.4) is 0 Å². The summed E-state index contributed by atoms with van der Waals surface area (Å²) in [6, 6.07) is 16.1. The molecule has 0 N–H and O–H groups in total. The molecule has 4 heteroatoms. The van der Waals surface area contributed by atoms with Gasteiger partial charge in [-0.1, -0.05) is 40.2 Å². The van der Waals surface area contributed by atoms with Gasteiger partial charge in [-0.05, 0) is 48.7 Å². The third-order valence-corrected chi connectivity index (χ3v) is 3.66. The van der Waals surface area contributed by atoms with Gasteiger partial charge in [0.2, 0.25) is 0 Å². The van der Waals surface area contributed by atoms with Crippen molar-refractivity contribution in [2.45, 2.75) is 19.8 Å². The molecule has 0 unspecified atom stereocenters. The molecule has 0 aliphatic heterocycles. The van der Waals surface area contributed by atoms with Gasteiger partial charge in [-0.25, -0.2) is 0 Å². The Hall–Kier alpha value is -1.81. The summed E-state index contributed by atoms with van der Waals surface area (Å²) in [7, 11) is 0. The lowest BCUT2D eigenvalue weighted by molar-refractivity contribution is -0.143. The number of hydrogen-bond donors (Lipinski definition) is 0. The van der Waals surface area contributed by atoms with Crippen molar-refractivity contribution >= 4 is 21.9 Å². The van der Waals surface area contributed by atoms with E-state index in [1.54, 1.807) is 6.92 Å². The second kappa shape index (κ2) is 8.59. The molecule has 22 heavy (non-hydrogen) atoms. The average molecular weight is 363 g/mol. The van der Waals surface area contributed by atoms with Crippen molar-refractivity contribution in [1.29, 1.82) is 0 Å². The largest absolute Gasteiger partial charge is 0.494 e. The lowest BCUT2D eigenvalue weighted by Gasteiger charge is -2.07. The molecule has 0 bridgehead atoms. The van der Waals surface area contributed by atoms with E-state index in [0.717, 1.165) is 21.3 Å². The lowest BCUT2D eigenvalue weighted by Crippen LogP contribution is -2.06. The fraction of sp³-hybridized carbons (Fsp3) is 0.278. The van der Waals surface area contributed by atoms with Crippen LogP contribution >= 0.6 is 15.9 Å². The highest BCUT2D eigenvalue weighted by Gasteiger charge is 2.02. The van der Waals surface area contributed by atoms with E-state index < -0.39 is 0 Å². The number of ether oxygens (including phenoxy) is 2. The second-order valence-corrected chi connectivity index (χ2v) is 5.70. The highest BCUT2D eigenvalue weighted by molar-refractivity contribution is 9.10. The molecule has 0 saturated carbocycles. The normalized spacial score (nSPS) is 10.3. The summed E-state index contributed by atoms with van der Waals surface area (Å²) < 4.78 is 11.6. The van der Waals surface area contributed by atoms with Crippen molar-refractivity contribution < 1.29 is 14.3 Å². The Kier molecular flexibility index (Phi) is 6.46. The topological polar surface area (TPSA) is 35.5 Å². The lowest BCUT2D eigenvalue weighted by atomic mass is 10.1. The van der Waals surface area contributed by atoms with Crippen LogP contribution in [0.1, 0.15) is 19.8 Å². The van der Waals surface area contributed by atoms with Crippen LogP contribution in [0.25, 0.3) is 11.1 Å². The third kappa shape index (κ3) is 5.19. The van der Waals surface area contributed by atoms with E-state index >= 15 is 0 Å². The van der Waals surface area contributed by atoms with Gasteiger partial charge in [-0.15, -0.1) is 0 Å². The van der Waals surface area contributed by atoms with Crippen LogP contribution in [0, 0.1) is 0 Å². The van der Waals surface area contributed by atoms with Gasteiger partial charge in [0.25, 0.3) is 0 Å². The van der Waals surface area contributed by atoms with Crippen LogP contribution in [-0.2, 0) is 9.53 Å². The van der Waals surface area contributed by atoms with Crippen LogP contribution in [-0.4, -0.2) is 19.2 Å². The van der Waals surface area contributed by atoms with Crippen molar-refractivity contribution in [3.8, 4) is 16.9 Å². The first-order valence-corrected chi connectivity index (χ1v) is 8.13. The van der Waals surface area contributed by atoms with E-state index in [1.807, 2.05) is 36.4 Å². The summed E-state index contributed by atoms with van der Waals surface area (Å²) in [5.41, 5.74) is 2.31. The van der Waals surface area contributed by atoms with Crippen LogP contribution in [0.2, 0.25) is 0 Å². The minimum absolute atomic E-state index is 0.170. The molecule has 3 nitrogen and oxygen atoms in total.